The van der Waals surface area contributed by atoms with Crippen LogP contribution in [0.5, 0.6) is 0 Å². The van der Waals surface area contributed by atoms with Gasteiger partial charge in [-0.25, -0.2) is 0 Å². The van der Waals surface area contributed by atoms with E-state index in [-0.39, 0.29) is 11.0 Å². The monoisotopic (exact) mass is 443 g/mol. The Labute approximate surface area is 187 Å². The number of halogens is 1. The van der Waals surface area contributed by atoms with Crippen LogP contribution in [0.2, 0.25) is 5.02 Å². The van der Waals surface area contributed by atoms with Crippen molar-refractivity contribution in [3.63, 3.8) is 0 Å². The molecular weight excluding hydrogens is 418 g/mol. The smallest absolute Gasteiger partial charge is 0.226 e. The van der Waals surface area contributed by atoms with E-state index in [0.717, 1.165) is 24.9 Å². The Kier molecular flexibility index (Phi) is 7.76. The van der Waals surface area contributed by atoms with Gasteiger partial charge in [-0.2, -0.15) is 4.80 Å². The number of carbonyl (C=O) groups is 1. The quantitative estimate of drug-likeness (QED) is 0.455. The van der Waals surface area contributed by atoms with Crippen LogP contribution >= 0.6 is 23.8 Å². The fourth-order valence-corrected chi connectivity index (χ4v) is 3.44. The maximum Gasteiger partial charge on any atom is 0.226 e. The summed E-state index contributed by atoms with van der Waals surface area (Å²) in [4.78, 5) is 13.4. The zero-order chi connectivity index (χ0) is 21.5. The van der Waals surface area contributed by atoms with E-state index in [1.807, 2.05) is 19.1 Å². The summed E-state index contributed by atoms with van der Waals surface area (Å²) in [6, 6.07) is 11.8. The highest BCUT2D eigenvalue weighted by Crippen LogP contribution is 2.27. The lowest BCUT2D eigenvalue weighted by molar-refractivity contribution is -0.119. The first-order valence-corrected chi connectivity index (χ1v) is 11.1. The number of amides is 1. The molecular formula is C22H26ClN5OS. The summed E-state index contributed by atoms with van der Waals surface area (Å²) in [6.07, 6.45) is 5.65. The number of hydrogen-bond donors (Lipinski definition) is 2. The molecule has 0 saturated heterocycles. The standard InChI is InChI=1S/C22H26ClN5OS/c1-3-5-7-15-9-11-16(12-10-15)28-26-19-13-17(23)18(14-20(19)27-28)24-22(30)25-21(29)8-6-4-2/h9-14H,3-8H2,1-2H3,(H2,24,25,29,30). The van der Waals surface area contributed by atoms with Gasteiger partial charge >= 0.3 is 0 Å². The van der Waals surface area contributed by atoms with Gasteiger partial charge in [0.2, 0.25) is 5.91 Å². The molecule has 2 N–H and O–H groups in total. The number of nitrogens with one attached hydrogen (secondary N) is 2. The van der Waals surface area contributed by atoms with Crippen LogP contribution in [0, 0.1) is 0 Å². The van der Waals surface area contributed by atoms with Crippen molar-refractivity contribution >= 4 is 51.6 Å². The van der Waals surface area contributed by atoms with E-state index in [1.165, 1.54) is 18.4 Å². The molecule has 0 saturated carbocycles. The second-order valence-corrected chi connectivity index (χ2v) is 8.00. The molecule has 8 heteroatoms. The number of thiocarbonyl (C=S) groups is 1. The molecule has 1 aromatic heterocycles. The number of aromatic nitrogens is 3. The SMILES string of the molecule is CCCCC(=O)NC(=S)Nc1cc2nn(-c3ccc(CCCC)cc3)nc2cc1Cl. The number of unbranched alkanes of at least 4 members (excludes halogenated alkanes) is 2. The minimum Gasteiger partial charge on any atom is -0.331 e. The molecule has 3 aromatic rings. The molecule has 158 valence electrons. The van der Waals surface area contributed by atoms with Crippen molar-refractivity contribution in [2.24, 2.45) is 0 Å². The highest BCUT2D eigenvalue weighted by molar-refractivity contribution is 7.80. The van der Waals surface area contributed by atoms with Gasteiger partial charge in [0.1, 0.15) is 11.0 Å². The summed E-state index contributed by atoms with van der Waals surface area (Å²) in [5.74, 6) is -0.111. The van der Waals surface area contributed by atoms with Crippen LogP contribution in [0.4, 0.5) is 5.69 Å². The van der Waals surface area contributed by atoms with Crippen LogP contribution in [0.15, 0.2) is 36.4 Å². The lowest BCUT2D eigenvalue weighted by atomic mass is 10.1. The van der Waals surface area contributed by atoms with Gasteiger partial charge in [-0.3, -0.25) is 4.79 Å². The van der Waals surface area contributed by atoms with E-state index in [9.17, 15) is 4.79 Å². The molecule has 0 aliphatic carbocycles. The van der Waals surface area contributed by atoms with Crippen molar-refractivity contribution in [3.8, 4) is 5.69 Å². The van der Waals surface area contributed by atoms with Gasteiger partial charge in [-0.1, -0.05) is 50.4 Å². The first kappa shape index (κ1) is 22.2. The Morgan fingerprint density at radius 2 is 1.73 bits per heavy atom. The molecule has 0 bridgehead atoms. The maximum absolute atomic E-state index is 11.8. The number of nitrogens with zero attached hydrogens (tertiary/aromatic N) is 3. The van der Waals surface area contributed by atoms with Gasteiger partial charge in [0, 0.05) is 6.42 Å². The van der Waals surface area contributed by atoms with E-state index in [2.05, 4.69) is 39.9 Å². The van der Waals surface area contributed by atoms with Crippen molar-refractivity contribution < 1.29 is 4.79 Å². The molecule has 0 radical (unpaired) electrons. The van der Waals surface area contributed by atoms with Crippen molar-refractivity contribution in [1.29, 1.82) is 0 Å². The third kappa shape index (κ3) is 5.77. The van der Waals surface area contributed by atoms with Gasteiger partial charge in [0.25, 0.3) is 0 Å². The van der Waals surface area contributed by atoms with Crippen LogP contribution in [-0.4, -0.2) is 26.0 Å². The second-order valence-electron chi connectivity index (χ2n) is 7.19. The minimum atomic E-state index is -0.111. The normalized spacial score (nSPS) is 10.9. The third-order valence-corrected chi connectivity index (χ3v) is 5.23. The number of benzene rings is 2. The van der Waals surface area contributed by atoms with Crippen molar-refractivity contribution in [1.82, 2.24) is 20.3 Å². The second kappa shape index (κ2) is 10.5. The molecule has 1 heterocycles. The van der Waals surface area contributed by atoms with Gasteiger partial charge in [-0.05, 0) is 61.3 Å². The Balaban J connectivity index is 1.74. The summed E-state index contributed by atoms with van der Waals surface area (Å²) >= 11 is 11.6. The summed E-state index contributed by atoms with van der Waals surface area (Å²) in [5, 5.41) is 15.4. The first-order valence-electron chi connectivity index (χ1n) is 10.3. The molecule has 0 aliphatic rings. The number of aryl methyl sites for hydroxylation is 1. The van der Waals surface area contributed by atoms with E-state index in [0.29, 0.717) is 28.2 Å². The largest absolute Gasteiger partial charge is 0.331 e. The summed E-state index contributed by atoms with van der Waals surface area (Å²) in [7, 11) is 0. The molecule has 2 aromatic carbocycles. The molecule has 1 amide bonds. The Morgan fingerprint density at radius 1 is 1.07 bits per heavy atom. The van der Waals surface area contributed by atoms with E-state index < -0.39 is 0 Å². The fraction of sp³-hybridized carbons (Fsp3) is 0.364. The first-order chi connectivity index (χ1) is 14.5. The van der Waals surface area contributed by atoms with Crippen LogP contribution in [0.3, 0.4) is 0 Å². The zero-order valence-corrected chi connectivity index (χ0v) is 18.8. The summed E-state index contributed by atoms with van der Waals surface area (Å²) in [5.41, 5.74) is 4.12. The van der Waals surface area contributed by atoms with Gasteiger partial charge in [0.05, 0.1) is 16.4 Å². The van der Waals surface area contributed by atoms with Gasteiger partial charge < -0.3 is 10.6 Å². The average molecular weight is 444 g/mol. The van der Waals surface area contributed by atoms with E-state index >= 15 is 0 Å². The average Bonchev–Trinajstić information content (AvgIpc) is 3.14. The lowest BCUT2D eigenvalue weighted by Crippen LogP contribution is -2.33. The van der Waals surface area contributed by atoms with Gasteiger partial charge in [-0.15, -0.1) is 10.2 Å². The zero-order valence-electron chi connectivity index (χ0n) is 17.2. The molecule has 0 unspecified atom stereocenters. The molecule has 30 heavy (non-hydrogen) atoms. The predicted molar refractivity (Wildman–Crippen MR) is 126 cm³/mol. The molecule has 0 aliphatic heterocycles. The van der Waals surface area contributed by atoms with E-state index in [1.54, 1.807) is 16.9 Å². The van der Waals surface area contributed by atoms with E-state index in [4.69, 9.17) is 23.8 Å². The number of rotatable bonds is 8. The molecule has 0 spiro atoms. The Hall–Kier alpha value is -2.51. The van der Waals surface area contributed by atoms with Crippen LogP contribution in [0.25, 0.3) is 16.7 Å². The number of hydrogen-bond acceptors (Lipinski definition) is 4. The third-order valence-electron chi connectivity index (χ3n) is 4.71. The molecule has 0 fully saturated rings. The summed E-state index contributed by atoms with van der Waals surface area (Å²) < 4.78 is 0. The van der Waals surface area contributed by atoms with Gasteiger partial charge in [0.15, 0.2) is 5.11 Å². The maximum atomic E-state index is 11.8. The van der Waals surface area contributed by atoms with Crippen molar-refractivity contribution in [2.45, 2.75) is 52.4 Å². The lowest BCUT2D eigenvalue weighted by Gasteiger charge is -2.10. The van der Waals surface area contributed by atoms with Crippen LogP contribution in [0.1, 0.15) is 51.5 Å². The predicted octanol–water partition coefficient (Wildman–Crippen LogP) is 5.42. The van der Waals surface area contributed by atoms with Crippen LogP contribution < -0.4 is 10.6 Å². The highest BCUT2D eigenvalue weighted by Gasteiger charge is 2.12. The number of anilines is 1. The highest BCUT2D eigenvalue weighted by atomic mass is 35.5. The Morgan fingerprint density at radius 3 is 2.40 bits per heavy atom. The number of fused-ring (bicyclic) bond motifs is 1. The molecule has 6 nitrogen and oxygen atoms in total. The minimum absolute atomic E-state index is 0.111. The summed E-state index contributed by atoms with van der Waals surface area (Å²) in [6.45, 7) is 4.22. The Bertz CT molecular complexity index is 1030. The van der Waals surface area contributed by atoms with Crippen molar-refractivity contribution in [3.05, 3.63) is 47.0 Å². The van der Waals surface area contributed by atoms with Crippen LogP contribution in [-0.2, 0) is 11.2 Å². The van der Waals surface area contributed by atoms with Crippen molar-refractivity contribution in [2.75, 3.05) is 5.32 Å². The topological polar surface area (TPSA) is 71.8 Å². The number of carbonyl (C=O) groups excluding carboxylic acids is 1. The molecule has 0 atom stereocenters. The fourth-order valence-electron chi connectivity index (χ4n) is 3.01. The molecule has 3 rings (SSSR count).